The topological polar surface area (TPSA) is 26.3 Å². The average Bonchev–Trinajstić information content (AvgIpc) is 2.15. The summed E-state index contributed by atoms with van der Waals surface area (Å²) in [6, 6.07) is 7.43. The zero-order valence-electron chi connectivity index (χ0n) is 7.78. The van der Waals surface area contributed by atoms with E-state index in [-0.39, 0.29) is 5.78 Å². The van der Waals surface area contributed by atoms with Crippen LogP contribution in [0.1, 0.15) is 15.9 Å². The van der Waals surface area contributed by atoms with Crippen LogP contribution in [0.5, 0.6) is 0 Å². The van der Waals surface area contributed by atoms with E-state index < -0.39 is 0 Å². The lowest BCUT2D eigenvalue weighted by Crippen LogP contribution is -1.93. The molecule has 0 unspecified atom stereocenters. The number of benzene rings is 1. The maximum absolute atomic E-state index is 11.3. The molecule has 0 spiro atoms. The first-order valence-electron chi connectivity index (χ1n) is 4.04. The minimum atomic E-state index is -0.0400. The molecule has 0 radical (unpaired) electrons. The van der Waals surface area contributed by atoms with Crippen LogP contribution in [0, 0.1) is 6.92 Å². The fourth-order valence-corrected chi connectivity index (χ4v) is 0.944. The van der Waals surface area contributed by atoms with E-state index in [1.807, 2.05) is 19.1 Å². The molecule has 0 fully saturated rings. The van der Waals surface area contributed by atoms with Crippen LogP contribution in [0.25, 0.3) is 0 Å². The highest BCUT2D eigenvalue weighted by Crippen LogP contribution is 2.04. The summed E-state index contributed by atoms with van der Waals surface area (Å²) in [4.78, 5) is 11.3. The third-order valence-electron chi connectivity index (χ3n) is 1.69. The van der Waals surface area contributed by atoms with Gasteiger partial charge in [0, 0.05) is 11.6 Å². The van der Waals surface area contributed by atoms with Crippen molar-refractivity contribution in [3.63, 3.8) is 0 Å². The number of carbonyl (C=O) groups excluding carboxylic acids is 1. The van der Waals surface area contributed by atoms with E-state index >= 15 is 0 Å². The number of allylic oxidation sites excluding steroid dienone is 1. The number of methoxy groups -OCH3 is 1. The molecule has 0 amide bonds. The summed E-state index contributed by atoms with van der Waals surface area (Å²) in [7, 11) is 1.51. The van der Waals surface area contributed by atoms with Crippen LogP contribution in [0.15, 0.2) is 36.6 Å². The van der Waals surface area contributed by atoms with E-state index in [2.05, 4.69) is 4.74 Å². The Labute approximate surface area is 77.8 Å². The molecular formula is C11H12O2. The monoisotopic (exact) mass is 176 g/mol. The molecule has 0 aliphatic heterocycles. The lowest BCUT2D eigenvalue weighted by atomic mass is 10.1. The van der Waals surface area contributed by atoms with Crippen molar-refractivity contribution in [2.75, 3.05) is 7.11 Å². The van der Waals surface area contributed by atoms with Crippen LogP contribution in [-0.4, -0.2) is 12.9 Å². The van der Waals surface area contributed by atoms with Crippen molar-refractivity contribution in [3.05, 3.63) is 47.7 Å². The first-order valence-corrected chi connectivity index (χ1v) is 4.04. The van der Waals surface area contributed by atoms with E-state index in [0.29, 0.717) is 5.56 Å². The van der Waals surface area contributed by atoms with Crippen molar-refractivity contribution in [1.29, 1.82) is 0 Å². The van der Waals surface area contributed by atoms with Crippen LogP contribution in [0.4, 0.5) is 0 Å². The third-order valence-corrected chi connectivity index (χ3v) is 1.69. The molecule has 0 aliphatic carbocycles. The zero-order chi connectivity index (χ0) is 9.68. The molecule has 0 aliphatic rings. The van der Waals surface area contributed by atoms with Crippen LogP contribution in [0.2, 0.25) is 0 Å². The van der Waals surface area contributed by atoms with Gasteiger partial charge in [-0.25, -0.2) is 0 Å². The highest BCUT2D eigenvalue weighted by molar-refractivity contribution is 6.04. The molecule has 1 rings (SSSR count). The number of hydrogen-bond acceptors (Lipinski definition) is 2. The van der Waals surface area contributed by atoms with Gasteiger partial charge in [0.2, 0.25) is 0 Å². The lowest BCUT2D eigenvalue weighted by molar-refractivity contribution is 0.104. The highest BCUT2D eigenvalue weighted by atomic mass is 16.5. The van der Waals surface area contributed by atoms with E-state index in [4.69, 9.17) is 0 Å². The van der Waals surface area contributed by atoms with Gasteiger partial charge in [-0.3, -0.25) is 4.79 Å². The average molecular weight is 176 g/mol. The van der Waals surface area contributed by atoms with Crippen molar-refractivity contribution >= 4 is 5.78 Å². The van der Waals surface area contributed by atoms with Crippen LogP contribution in [-0.2, 0) is 4.74 Å². The largest absolute Gasteiger partial charge is 0.504 e. The second-order valence-electron chi connectivity index (χ2n) is 2.77. The molecule has 0 atom stereocenters. The molecule has 0 saturated carbocycles. The summed E-state index contributed by atoms with van der Waals surface area (Å²) < 4.78 is 4.66. The maximum atomic E-state index is 11.3. The van der Waals surface area contributed by atoms with Gasteiger partial charge in [0.15, 0.2) is 5.78 Å². The van der Waals surface area contributed by atoms with Crippen LogP contribution >= 0.6 is 0 Å². The number of ketones is 1. The number of hydrogen-bond donors (Lipinski definition) is 0. The third kappa shape index (κ3) is 2.75. The van der Waals surface area contributed by atoms with E-state index in [9.17, 15) is 4.79 Å². The van der Waals surface area contributed by atoms with E-state index in [1.54, 1.807) is 12.1 Å². The Bertz CT molecular complexity index is 309. The molecule has 1 aromatic carbocycles. The van der Waals surface area contributed by atoms with Crippen molar-refractivity contribution in [3.8, 4) is 0 Å². The number of carbonyl (C=O) groups is 1. The normalized spacial score (nSPS) is 10.3. The van der Waals surface area contributed by atoms with Gasteiger partial charge in [0.1, 0.15) is 0 Å². The first-order chi connectivity index (χ1) is 6.24. The molecule has 0 bridgehead atoms. The number of ether oxygens (including phenoxy) is 1. The Morgan fingerprint density at radius 3 is 2.46 bits per heavy atom. The fourth-order valence-electron chi connectivity index (χ4n) is 0.944. The second-order valence-corrected chi connectivity index (χ2v) is 2.77. The smallest absolute Gasteiger partial charge is 0.188 e. The van der Waals surface area contributed by atoms with E-state index in [1.165, 1.54) is 19.4 Å². The summed E-state index contributed by atoms with van der Waals surface area (Å²) in [6.07, 6.45) is 2.78. The quantitative estimate of drug-likeness (QED) is 0.401. The van der Waals surface area contributed by atoms with Gasteiger partial charge < -0.3 is 4.74 Å². The van der Waals surface area contributed by atoms with Gasteiger partial charge in [0.25, 0.3) is 0 Å². The number of aryl methyl sites for hydroxylation is 1. The molecule has 0 saturated heterocycles. The summed E-state index contributed by atoms with van der Waals surface area (Å²) in [5, 5.41) is 0. The first kappa shape index (κ1) is 9.52. The standard InChI is InChI=1S/C11H12O2/c1-9-3-5-10(6-4-9)11(12)7-8-13-2/h3-8H,1-2H3/b8-7+. The Morgan fingerprint density at radius 1 is 1.31 bits per heavy atom. The van der Waals surface area contributed by atoms with E-state index in [0.717, 1.165) is 5.56 Å². The SMILES string of the molecule is CO/C=C/C(=O)c1ccc(C)cc1. The fraction of sp³-hybridized carbons (Fsp3) is 0.182. The molecule has 68 valence electrons. The van der Waals surface area contributed by atoms with Gasteiger partial charge in [0.05, 0.1) is 13.4 Å². The molecule has 2 heteroatoms. The van der Waals surface area contributed by atoms with Crippen molar-refractivity contribution in [2.45, 2.75) is 6.92 Å². The minimum Gasteiger partial charge on any atom is -0.504 e. The Hall–Kier alpha value is -1.57. The van der Waals surface area contributed by atoms with Gasteiger partial charge in [-0.1, -0.05) is 29.8 Å². The minimum absolute atomic E-state index is 0.0400. The Morgan fingerprint density at radius 2 is 1.92 bits per heavy atom. The summed E-state index contributed by atoms with van der Waals surface area (Å²) >= 11 is 0. The van der Waals surface area contributed by atoms with Crippen LogP contribution in [0.3, 0.4) is 0 Å². The molecule has 0 N–H and O–H groups in total. The summed E-state index contributed by atoms with van der Waals surface area (Å²) in [5.74, 6) is -0.0400. The summed E-state index contributed by atoms with van der Waals surface area (Å²) in [6.45, 7) is 1.99. The molecule has 0 heterocycles. The van der Waals surface area contributed by atoms with Gasteiger partial charge in [-0.15, -0.1) is 0 Å². The Kier molecular flexibility index (Phi) is 3.26. The van der Waals surface area contributed by atoms with Crippen molar-refractivity contribution < 1.29 is 9.53 Å². The van der Waals surface area contributed by atoms with Crippen molar-refractivity contribution in [2.24, 2.45) is 0 Å². The molecule has 0 aromatic heterocycles. The predicted octanol–water partition coefficient (Wildman–Crippen LogP) is 2.34. The summed E-state index contributed by atoms with van der Waals surface area (Å²) in [5.41, 5.74) is 1.83. The predicted molar refractivity (Wildman–Crippen MR) is 51.7 cm³/mol. The Balaban J connectivity index is 2.78. The van der Waals surface area contributed by atoms with Crippen molar-refractivity contribution in [1.82, 2.24) is 0 Å². The lowest BCUT2D eigenvalue weighted by Gasteiger charge is -1.95. The van der Waals surface area contributed by atoms with Gasteiger partial charge >= 0.3 is 0 Å². The molecule has 2 nitrogen and oxygen atoms in total. The van der Waals surface area contributed by atoms with Gasteiger partial charge in [-0.05, 0) is 6.92 Å². The molecule has 1 aromatic rings. The molecule has 13 heavy (non-hydrogen) atoms. The maximum Gasteiger partial charge on any atom is 0.188 e. The molecular weight excluding hydrogens is 164 g/mol. The highest BCUT2D eigenvalue weighted by Gasteiger charge is 1.99. The second kappa shape index (κ2) is 4.45. The van der Waals surface area contributed by atoms with Gasteiger partial charge in [-0.2, -0.15) is 0 Å². The van der Waals surface area contributed by atoms with Crippen LogP contribution < -0.4 is 0 Å². The number of rotatable bonds is 3. The zero-order valence-corrected chi connectivity index (χ0v) is 7.78.